The van der Waals surface area contributed by atoms with E-state index in [2.05, 4.69) is 5.32 Å². The maximum absolute atomic E-state index is 12.3. The lowest BCUT2D eigenvalue weighted by Gasteiger charge is -2.34. The molecular formula is C13H13N3O5. The predicted molar refractivity (Wildman–Crippen MR) is 72.6 cm³/mol. The molecule has 1 N–H and O–H groups in total. The van der Waals surface area contributed by atoms with Crippen molar-refractivity contribution in [2.45, 2.75) is 20.8 Å². The first-order valence-electron chi connectivity index (χ1n) is 6.11. The first kappa shape index (κ1) is 14.6. The molecular weight excluding hydrogens is 278 g/mol. The molecule has 1 aliphatic heterocycles. The van der Waals surface area contributed by atoms with Crippen molar-refractivity contribution in [1.29, 1.82) is 0 Å². The van der Waals surface area contributed by atoms with Gasteiger partial charge in [0.1, 0.15) is 5.41 Å². The van der Waals surface area contributed by atoms with Gasteiger partial charge in [-0.3, -0.25) is 25.0 Å². The smallest absolute Gasteiger partial charge is 0.276 e. The van der Waals surface area contributed by atoms with E-state index in [0.717, 1.165) is 4.90 Å². The molecule has 0 atom stereocenters. The van der Waals surface area contributed by atoms with Crippen molar-refractivity contribution >= 4 is 29.2 Å². The zero-order chi connectivity index (χ0) is 15.9. The molecule has 2 rings (SSSR count). The summed E-state index contributed by atoms with van der Waals surface area (Å²) < 4.78 is 0. The Hall–Kier alpha value is -2.77. The van der Waals surface area contributed by atoms with Crippen LogP contribution in [0.25, 0.3) is 0 Å². The summed E-state index contributed by atoms with van der Waals surface area (Å²) in [6.45, 7) is 4.31. The van der Waals surface area contributed by atoms with Crippen molar-refractivity contribution in [3.8, 4) is 0 Å². The van der Waals surface area contributed by atoms with Gasteiger partial charge in [0.2, 0.25) is 11.8 Å². The fourth-order valence-corrected chi connectivity index (χ4v) is 2.00. The number of nitrogens with one attached hydrogen (secondary N) is 1. The van der Waals surface area contributed by atoms with Gasteiger partial charge < -0.3 is 0 Å². The zero-order valence-corrected chi connectivity index (χ0v) is 11.7. The fraction of sp³-hybridized carbons (Fsp3) is 0.308. The van der Waals surface area contributed by atoms with Crippen LogP contribution in [0.4, 0.5) is 16.2 Å². The van der Waals surface area contributed by atoms with Gasteiger partial charge in [0.05, 0.1) is 10.6 Å². The van der Waals surface area contributed by atoms with Gasteiger partial charge in [-0.05, 0) is 32.9 Å². The fourth-order valence-electron chi connectivity index (χ4n) is 2.00. The number of hydrogen-bond donors (Lipinski definition) is 1. The minimum atomic E-state index is -1.39. The lowest BCUT2D eigenvalue weighted by atomic mass is 9.88. The number of anilines is 1. The van der Waals surface area contributed by atoms with Crippen molar-refractivity contribution in [2.24, 2.45) is 5.41 Å². The number of carbonyl (C=O) groups excluding carboxylic acids is 3. The van der Waals surface area contributed by atoms with Crippen LogP contribution in [-0.4, -0.2) is 22.8 Å². The summed E-state index contributed by atoms with van der Waals surface area (Å²) >= 11 is 0. The molecule has 0 saturated carbocycles. The molecule has 0 spiro atoms. The Morgan fingerprint density at radius 3 is 2.38 bits per heavy atom. The van der Waals surface area contributed by atoms with E-state index in [4.69, 9.17) is 0 Å². The third-order valence-electron chi connectivity index (χ3n) is 3.36. The Bertz CT molecular complexity index is 680. The van der Waals surface area contributed by atoms with Crippen molar-refractivity contribution in [1.82, 2.24) is 5.32 Å². The van der Waals surface area contributed by atoms with Gasteiger partial charge in [0.15, 0.2) is 0 Å². The number of rotatable bonds is 2. The first-order valence-corrected chi connectivity index (χ1v) is 6.11. The first-order chi connectivity index (χ1) is 9.66. The van der Waals surface area contributed by atoms with Crippen LogP contribution in [0.15, 0.2) is 18.2 Å². The number of nitro benzene ring substituents is 1. The van der Waals surface area contributed by atoms with Crippen LogP contribution >= 0.6 is 0 Å². The SMILES string of the molecule is Cc1cc(N2C(=O)NC(=O)C(C)(C)C2=O)ccc1[N+](=O)[O-]. The molecule has 110 valence electrons. The second kappa shape index (κ2) is 4.65. The van der Waals surface area contributed by atoms with Crippen molar-refractivity contribution in [3.05, 3.63) is 33.9 Å². The molecule has 8 nitrogen and oxygen atoms in total. The van der Waals surface area contributed by atoms with E-state index in [1.165, 1.54) is 39.0 Å². The number of imide groups is 2. The Morgan fingerprint density at radius 2 is 1.86 bits per heavy atom. The summed E-state index contributed by atoms with van der Waals surface area (Å²) in [5.41, 5.74) is -1.00. The van der Waals surface area contributed by atoms with E-state index in [1.807, 2.05) is 0 Å². The highest BCUT2D eigenvalue weighted by molar-refractivity contribution is 6.29. The highest BCUT2D eigenvalue weighted by Gasteiger charge is 2.47. The lowest BCUT2D eigenvalue weighted by molar-refractivity contribution is -0.385. The molecule has 1 saturated heterocycles. The van der Waals surface area contributed by atoms with E-state index >= 15 is 0 Å². The summed E-state index contributed by atoms with van der Waals surface area (Å²) in [7, 11) is 0. The second-order valence-corrected chi connectivity index (χ2v) is 5.25. The number of nitrogens with zero attached hydrogens (tertiary/aromatic N) is 2. The number of hydrogen-bond acceptors (Lipinski definition) is 5. The molecule has 8 heteroatoms. The Labute approximate surface area is 119 Å². The molecule has 1 fully saturated rings. The minimum absolute atomic E-state index is 0.112. The molecule has 1 aromatic rings. The maximum atomic E-state index is 12.3. The van der Waals surface area contributed by atoms with E-state index in [1.54, 1.807) is 0 Å². The minimum Gasteiger partial charge on any atom is -0.276 e. The Balaban J connectivity index is 2.48. The molecule has 21 heavy (non-hydrogen) atoms. The maximum Gasteiger partial charge on any atom is 0.335 e. The summed E-state index contributed by atoms with van der Waals surface area (Å²) in [4.78, 5) is 46.9. The monoisotopic (exact) mass is 291 g/mol. The molecule has 0 radical (unpaired) electrons. The average molecular weight is 291 g/mol. The number of amides is 4. The number of carbonyl (C=O) groups is 3. The van der Waals surface area contributed by atoms with Crippen molar-refractivity contribution in [2.75, 3.05) is 4.90 Å². The summed E-state index contributed by atoms with van der Waals surface area (Å²) in [6, 6.07) is 3.02. The number of aryl methyl sites for hydroxylation is 1. The van der Waals surface area contributed by atoms with Crippen molar-refractivity contribution in [3.63, 3.8) is 0 Å². The third-order valence-corrected chi connectivity index (χ3v) is 3.36. The van der Waals surface area contributed by atoms with Gasteiger partial charge >= 0.3 is 6.03 Å². The Morgan fingerprint density at radius 1 is 1.24 bits per heavy atom. The third kappa shape index (κ3) is 2.24. The van der Waals surface area contributed by atoms with Crippen LogP contribution in [0.2, 0.25) is 0 Å². The van der Waals surface area contributed by atoms with E-state index in [9.17, 15) is 24.5 Å². The van der Waals surface area contributed by atoms with Crippen molar-refractivity contribution < 1.29 is 19.3 Å². The van der Waals surface area contributed by atoms with Crippen LogP contribution in [-0.2, 0) is 9.59 Å². The number of barbiturate groups is 1. The highest BCUT2D eigenvalue weighted by Crippen LogP contribution is 2.30. The lowest BCUT2D eigenvalue weighted by Crippen LogP contribution is -2.62. The van der Waals surface area contributed by atoms with Crippen LogP contribution in [0.5, 0.6) is 0 Å². The zero-order valence-electron chi connectivity index (χ0n) is 11.7. The molecule has 1 aromatic carbocycles. The average Bonchev–Trinajstić information content (AvgIpc) is 2.36. The standard InChI is InChI=1S/C13H13N3O5/c1-7-6-8(4-5-9(7)16(20)21)15-11(18)13(2,3)10(17)14-12(15)19/h4-6H,1-3H3,(H,14,17,19). The highest BCUT2D eigenvalue weighted by atomic mass is 16.6. The molecule has 0 aliphatic carbocycles. The Kier molecular flexibility index (Phi) is 3.24. The van der Waals surface area contributed by atoms with E-state index in [-0.39, 0.29) is 11.4 Å². The normalized spacial score (nSPS) is 17.7. The molecule has 4 amide bonds. The number of benzene rings is 1. The van der Waals surface area contributed by atoms with Crippen LogP contribution in [0, 0.1) is 22.5 Å². The second-order valence-electron chi connectivity index (χ2n) is 5.25. The number of urea groups is 1. The largest absolute Gasteiger partial charge is 0.335 e. The quantitative estimate of drug-likeness (QED) is 0.504. The van der Waals surface area contributed by atoms with Gasteiger partial charge in [-0.2, -0.15) is 0 Å². The van der Waals surface area contributed by atoms with Gasteiger partial charge in [-0.1, -0.05) is 0 Å². The molecule has 0 bridgehead atoms. The summed E-state index contributed by atoms with van der Waals surface area (Å²) in [5, 5.41) is 12.9. The van der Waals surface area contributed by atoms with Gasteiger partial charge in [-0.25, -0.2) is 9.69 Å². The van der Waals surface area contributed by atoms with Crippen LogP contribution < -0.4 is 10.2 Å². The topological polar surface area (TPSA) is 110 Å². The molecule has 1 aliphatic rings. The molecule has 1 heterocycles. The summed E-state index contributed by atoms with van der Waals surface area (Å²) in [5.74, 6) is -1.35. The molecule has 0 aromatic heterocycles. The van der Waals surface area contributed by atoms with Gasteiger partial charge in [-0.15, -0.1) is 0 Å². The van der Waals surface area contributed by atoms with Gasteiger partial charge in [0, 0.05) is 11.6 Å². The number of nitro groups is 1. The van der Waals surface area contributed by atoms with Crippen LogP contribution in [0.1, 0.15) is 19.4 Å². The van der Waals surface area contributed by atoms with Crippen LogP contribution in [0.3, 0.4) is 0 Å². The summed E-state index contributed by atoms with van der Waals surface area (Å²) in [6.07, 6.45) is 0. The van der Waals surface area contributed by atoms with E-state index in [0.29, 0.717) is 5.56 Å². The predicted octanol–water partition coefficient (Wildman–Crippen LogP) is 1.51. The van der Waals surface area contributed by atoms with Gasteiger partial charge in [0.25, 0.3) is 5.69 Å². The molecule has 0 unspecified atom stereocenters. The van der Waals surface area contributed by atoms with E-state index < -0.39 is 28.2 Å².